The Morgan fingerprint density at radius 1 is 1.23 bits per heavy atom. The number of nitrogens with zero attached hydrogens (tertiary/aromatic N) is 2. The van der Waals surface area contributed by atoms with Gasteiger partial charge in [0, 0.05) is 10.8 Å². The number of amides is 1. The van der Waals surface area contributed by atoms with Crippen LogP contribution in [0.2, 0.25) is 0 Å². The first-order valence-electron chi connectivity index (χ1n) is 9.54. The molecule has 4 rings (SSSR count). The third-order valence-corrected chi connectivity index (χ3v) is 6.80. The molecule has 1 fully saturated rings. The van der Waals surface area contributed by atoms with Crippen LogP contribution in [0.25, 0.3) is 11.0 Å². The molecule has 8 heteroatoms. The predicted molar refractivity (Wildman–Crippen MR) is 110 cm³/mol. The Morgan fingerprint density at radius 3 is 2.67 bits per heavy atom. The third-order valence-electron chi connectivity index (χ3n) is 5.80. The average molecular weight is 419 g/mol. The smallest absolute Gasteiger partial charge is 0.347 e. The fraction of sp³-hybridized carbons (Fsp3) is 0.318. The van der Waals surface area contributed by atoms with Gasteiger partial charge < -0.3 is 9.73 Å². The van der Waals surface area contributed by atoms with Crippen molar-refractivity contribution in [3.63, 3.8) is 0 Å². The van der Waals surface area contributed by atoms with Crippen LogP contribution >= 0.6 is 11.8 Å². The molecule has 1 saturated carbocycles. The van der Waals surface area contributed by atoms with Gasteiger partial charge in [-0.15, -0.1) is 0 Å². The van der Waals surface area contributed by atoms with E-state index in [0.29, 0.717) is 34.4 Å². The van der Waals surface area contributed by atoms with E-state index in [9.17, 15) is 24.9 Å². The van der Waals surface area contributed by atoms with E-state index in [-0.39, 0.29) is 11.3 Å². The first-order valence-corrected chi connectivity index (χ1v) is 10.5. The largest absolute Gasteiger partial charge is 0.422 e. The molecule has 0 radical (unpaired) electrons. The van der Waals surface area contributed by atoms with Gasteiger partial charge in [0.25, 0.3) is 0 Å². The number of nitrogens with one attached hydrogen (secondary N) is 1. The first kappa shape index (κ1) is 19.9. The summed E-state index contributed by atoms with van der Waals surface area (Å²) in [5.74, 6) is -1.96. The Labute approximate surface area is 176 Å². The van der Waals surface area contributed by atoms with Crippen LogP contribution in [0.4, 0.5) is 0 Å². The highest BCUT2D eigenvalue weighted by molar-refractivity contribution is 8.03. The average Bonchev–Trinajstić information content (AvgIpc) is 3.21. The molecule has 1 aliphatic heterocycles. The second kappa shape index (κ2) is 7.81. The summed E-state index contributed by atoms with van der Waals surface area (Å²) in [7, 11) is 0. The van der Waals surface area contributed by atoms with Gasteiger partial charge in [0.05, 0.1) is 28.5 Å². The summed E-state index contributed by atoms with van der Waals surface area (Å²) in [6.45, 7) is 0. The lowest BCUT2D eigenvalue weighted by molar-refractivity contribution is -0.126. The maximum atomic E-state index is 12.7. The van der Waals surface area contributed by atoms with Crippen LogP contribution in [-0.2, 0) is 4.79 Å². The Kier molecular flexibility index (Phi) is 5.19. The van der Waals surface area contributed by atoms with Gasteiger partial charge >= 0.3 is 5.63 Å². The van der Waals surface area contributed by atoms with Gasteiger partial charge in [0.15, 0.2) is 5.78 Å². The molecule has 150 valence electrons. The Hall–Kier alpha value is -3.36. The second-order valence-corrected chi connectivity index (χ2v) is 8.41. The molecule has 1 spiro atoms. The van der Waals surface area contributed by atoms with E-state index in [0.717, 1.165) is 24.6 Å². The van der Waals surface area contributed by atoms with Crippen molar-refractivity contribution in [2.45, 2.75) is 25.7 Å². The SMILES string of the molecule is N#CC1=C(SCC(=O)c2cc3ccccc3oc2=O)NC(=O)[C@H](C#N)C12CCCC2. The number of Topliss-reactive ketones (excluding diaryl/α,β-unsaturated/α-hetero) is 1. The van der Waals surface area contributed by atoms with Gasteiger partial charge in [-0.1, -0.05) is 42.8 Å². The zero-order valence-electron chi connectivity index (χ0n) is 15.9. The van der Waals surface area contributed by atoms with E-state index in [1.165, 1.54) is 6.07 Å². The molecule has 2 aromatic rings. The molecule has 0 saturated heterocycles. The van der Waals surface area contributed by atoms with Crippen molar-refractivity contribution in [1.29, 1.82) is 10.5 Å². The molecule has 1 aliphatic carbocycles. The summed E-state index contributed by atoms with van der Waals surface area (Å²) in [5.41, 5.74) is -0.841. The van der Waals surface area contributed by atoms with Crippen molar-refractivity contribution in [1.82, 2.24) is 5.32 Å². The van der Waals surface area contributed by atoms with Crippen molar-refractivity contribution in [3.05, 3.63) is 56.9 Å². The van der Waals surface area contributed by atoms with Crippen molar-refractivity contribution in [2.75, 3.05) is 5.75 Å². The topological polar surface area (TPSA) is 124 Å². The Balaban J connectivity index is 1.63. The molecule has 0 unspecified atom stereocenters. The molecule has 2 heterocycles. The van der Waals surface area contributed by atoms with Crippen LogP contribution in [0, 0.1) is 34.0 Å². The highest BCUT2D eigenvalue weighted by atomic mass is 32.2. The lowest BCUT2D eigenvalue weighted by Gasteiger charge is -2.37. The summed E-state index contributed by atoms with van der Waals surface area (Å²) < 4.78 is 5.21. The van der Waals surface area contributed by atoms with Gasteiger partial charge in [0.2, 0.25) is 5.91 Å². The number of carbonyl (C=O) groups is 2. The summed E-state index contributed by atoms with van der Waals surface area (Å²) in [5, 5.41) is 22.9. The maximum absolute atomic E-state index is 12.7. The number of fused-ring (bicyclic) bond motifs is 1. The molecule has 1 N–H and O–H groups in total. The second-order valence-electron chi connectivity index (χ2n) is 7.43. The monoisotopic (exact) mass is 419 g/mol. The molecule has 1 aromatic carbocycles. The number of hydrogen-bond donors (Lipinski definition) is 1. The van der Waals surface area contributed by atoms with Crippen molar-refractivity contribution >= 4 is 34.4 Å². The van der Waals surface area contributed by atoms with Crippen LogP contribution in [0.15, 0.2) is 50.1 Å². The van der Waals surface area contributed by atoms with Crippen LogP contribution in [-0.4, -0.2) is 17.4 Å². The number of para-hydroxylation sites is 1. The highest BCUT2D eigenvalue weighted by Crippen LogP contribution is 2.53. The van der Waals surface area contributed by atoms with E-state index in [1.54, 1.807) is 24.3 Å². The molecular weight excluding hydrogens is 402 g/mol. The standard InChI is InChI=1S/C22H17N3O4S/c23-10-15-19(27)25-20(16(11-24)22(15)7-3-4-8-22)30-12-17(26)14-9-13-5-1-2-6-18(13)29-21(14)28/h1-2,5-6,9,15H,3-4,7-8,12H2,(H,25,27)/t15-/m0/s1. The molecule has 1 amide bonds. The molecule has 7 nitrogen and oxygen atoms in total. The number of hydrogen-bond acceptors (Lipinski definition) is 7. The molecule has 30 heavy (non-hydrogen) atoms. The van der Waals surface area contributed by atoms with Gasteiger partial charge in [0.1, 0.15) is 17.1 Å². The van der Waals surface area contributed by atoms with Gasteiger partial charge in [-0.2, -0.15) is 10.5 Å². The third kappa shape index (κ3) is 3.20. The minimum absolute atomic E-state index is 0.0760. The summed E-state index contributed by atoms with van der Waals surface area (Å²) >= 11 is 1.01. The zero-order valence-corrected chi connectivity index (χ0v) is 16.8. The van der Waals surface area contributed by atoms with Crippen molar-refractivity contribution in [3.8, 4) is 12.1 Å². The molecule has 0 bridgehead atoms. The summed E-state index contributed by atoms with van der Waals surface area (Å²) in [6, 6.07) is 12.6. The molecular formula is C22H17N3O4S. The molecule has 1 aromatic heterocycles. The minimum Gasteiger partial charge on any atom is -0.422 e. The van der Waals surface area contributed by atoms with Crippen molar-refractivity contribution < 1.29 is 14.0 Å². The number of rotatable bonds is 4. The molecule has 2 aliphatic rings. The van der Waals surface area contributed by atoms with E-state index in [2.05, 4.69) is 17.5 Å². The normalized spacial score (nSPS) is 20.1. The fourth-order valence-corrected chi connectivity index (χ4v) is 5.33. The van der Waals surface area contributed by atoms with E-state index in [4.69, 9.17) is 4.42 Å². The lowest BCUT2D eigenvalue weighted by atomic mass is 9.67. The van der Waals surface area contributed by atoms with Gasteiger partial charge in [-0.3, -0.25) is 9.59 Å². The van der Waals surface area contributed by atoms with Crippen molar-refractivity contribution in [2.24, 2.45) is 11.3 Å². The first-order chi connectivity index (χ1) is 14.5. The van der Waals surface area contributed by atoms with Crippen LogP contribution in [0.5, 0.6) is 0 Å². The summed E-state index contributed by atoms with van der Waals surface area (Å²) in [6.07, 6.45) is 2.86. The molecule has 1 atom stereocenters. The maximum Gasteiger partial charge on any atom is 0.347 e. The van der Waals surface area contributed by atoms with Gasteiger partial charge in [-0.05, 0) is 25.0 Å². The number of thioether (sulfide) groups is 1. The number of benzene rings is 1. The zero-order chi connectivity index (χ0) is 21.3. The number of ketones is 1. The Morgan fingerprint density at radius 2 is 1.97 bits per heavy atom. The quantitative estimate of drug-likeness (QED) is 0.596. The fourth-order valence-electron chi connectivity index (χ4n) is 4.34. The summed E-state index contributed by atoms with van der Waals surface area (Å²) in [4.78, 5) is 37.5. The Bertz CT molecular complexity index is 1230. The van der Waals surface area contributed by atoms with E-state index < -0.39 is 28.6 Å². The number of nitriles is 2. The number of allylic oxidation sites excluding steroid dienone is 1. The number of carbonyl (C=O) groups excluding carboxylic acids is 2. The van der Waals surface area contributed by atoms with Crippen LogP contribution in [0.1, 0.15) is 36.0 Å². The van der Waals surface area contributed by atoms with Crippen LogP contribution in [0.3, 0.4) is 0 Å². The van der Waals surface area contributed by atoms with E-state index >= 15 is 0 Å². The van der Waals surface area contributed by atoms with E-state index in [1.807, 2.05) is 0 Å². The highest BCUT2D eigenvalue weighted by Gasteiger charge is 2.52. The lowest BCUT2D eigenvalue weighted by Crippen LogP contribution is -2.46. The minimum atomic E-state index is -0.915. The predicted octanol–water partition coefficient (Wildman–Crippen LogP) is 3.27. The van der Waals surface area contributed by atoms with Crippen LogP contribution < -0.4 is 10.9 Å². The van der Waals surface area contributed by atoms with Gasteiger partial charge in [-0.25, -0.2) is 4.79 Å².